The highest BCUT2D eigenvalue weighted by molar-refractivity contribution is 7.92. The Labute approximate surface area is 173 Å². The number of aryl methyl sites for hydroxylation is 2. The van der Waals surface area contributed by atoms with E-state index < -0.39 is 20.9 Å². The van der Waals surface area contributed by atoms with Crippen LogP contribution in [-0.2, 0) is 10.0 Å². The van der Waals surface area contributed by atoms with Crippen LogP contribution >= 0.6 is 0 Å². The molecule has 0 aliphatic carbocycles. The molecule has 1 amide bonds. The molecule has 30 heavy (non-hydrogen) atoms. The molecule has 0 aliphatic rings. The Kier molecular flexibility index (Phi) is 5.84. The summed E-state index contributed by atoms with van der Waals surface area (Å²) in [6.45, 7) is 3.41. The normalized spacial score (nSPS) is 11.0. The van der Waals surface area contributed by atoms with Crippen molar-refractivity contribution in [2.75, 3.05) is 10.0 Å². The second-order valence-electron chi connectivity index (χ2n) is 6.66. The zero-order valence-corrected chi connectivity index (χ0v) is 17.1. The van der Waals surface area contributed by atoms with Gasteiger partial charge in [-0.3, -0.25) is 19.6 Å². The summed E-state index contributed by atoms with van der Waals surface area (Å²) in [6, 6.07) is 16.7. The molecule has 2 N–H and O–H groups in total. The molecule has 3 aromatic rings. The van der Waals surface area contributed by atoms with Gasteiger partial charge in [0.25, 0.3) is 21.6 Å². The molecular formula is C21H19N3O5S. The maximum absolute atomic E-state index is 12.6. The first-order chi connectivity index (χ1) is 14.2. The quantitative estimate of drug-likeness (QED) is 0.452. The van der Waals surface area contributed by atoms with E-state index in [2.05, 4.69) is 10.0 Å². The molecule has 3 aromatic carbocycles. The van der Waals surface area contributed by atoms with Crippen molar-refractivity contribution in [2.45, 2.75) is 18.7 Å². The number of carbonyl (C=O) groups is 1. The summed E-state index contributed by atoms with van der Waals surface area (Å²) in [4.78, 5) is 23.2. The van der Waals surface area contributed by atoms with E-state index in [9.17, 15) is 23.3 Å². The number of anilines is 2. The topological polar surface area (TPSA) is 118 Å². The number of carbonyl (C=O) groups excluding carboxylic acids is 1. The summed E-state index contributed by atoms with van der Waals surface area (Å²) in [5.74, 6) is -0.459. The number of hydrogen-bond donors (Lipinski definition) is 2. The van der Waals surface area contributed by atoms with Crippen LogP contribution < -0.4 is 10.0 Å². The molecular weight excluding hydrogens is 406 g/mol. The van der Waals surface area contributed by atoms with Gasteiger partial charge in [0, 0.05) is 17.7 Å². The monoisotopic (exact) mass is 425 g/mol. The molecule has 0 saturated heterocycles. The van der Waals surface area contributed by atoms with E-state index >= 15 is 0 Å². The van der Waals surface area contributed by atoms with Crippen LogP contribution in [0.5, 0.6) is 0 Å². The maximum atomic E-state index is 12.6. The van der Waals surface area contributed by atoms with Crippen molar-refractivity contribution in [3.8, 4) is 0 Å². The molecule has 0 heterocycles. The van der Waals surface area contributed by atoms with Crippen LogP contribution in [-0.4, -0.2) is 19.2 Å². The molecule has 0 aliphatic heterocycles. The predicted molar refractivity (Wildman–Crippen MR) is 114 cm³/mol. The highest BCUT2D eigenvalue weighted by Crippen LogP contribution is 2.24. The van der Waals surface area contributed by atoms with E-state index in [1.807, 2.05) is 0 Å². The number of benzene rings is 3. The summed E-state index contributed by atoms with van der Waals surface area (Å²) in [6.07, 6.45) is 0. The molecule has 0 atom stereocenters. The third-order valence-corrected chi connectivity index (χ3v) is 5.85. The summed E-state index contributed by atoms with van der Waals surface area (Å²) in [5, 5.41) is 13.6. The molecule has 0 aromatic heterocycles. The van der Waals surface area contributed by atoms with Crippen LogP contribution in [0, 0.1) is 24.0 Å². The maximum Gasteiger partial charge on any atom is 0.271 e. The van der Waals surface area contributed by atoms with Crippen LogP contribution in [0.3, 0.4) is 0 Å². The number of non-ortho nitro benzene ring substituents is 1. The van der Waals surface area contributed by atoms with Gasteiger partial charge in [0.15, 0.2) is 0 Å². The first kappa shape index (κ1) is 21.0. The molecule has 0 saturated carbocycles. The van der Waals surface area contributed by atoms with E-state index in [4.69, 9.17) is 0 Å². The number of hydrogen-bond acceptors (Lipinski definition) is 5. The van der Waals surface area contributed by atoms with Gasteiger partial charge in [-0.25, -0.2) is 8.42 Å². The van der Waals surface area contributed by atoms with Crippen LogP contribution in [0.1, 0.15) is 21.5 Å². The van der Waals surface area contributed by atoms with Crippen molar-refractivity contribution in [3.05, 3.63) is 93.5 Å². The van der Waals surface area contributed by atoms with E-state index in [1.165, 1.54) is 36.4 Å². The summed E-state index contributed by atoms with van der Waals surface area (Å²) >= 11 is 0. The van der Waals surface area contributed by atoms with E-state index in [0.717, 1.165) is 0 Å². The van der Waals surface area contributed by atoms with Crippen molar-refractivity contribution in [3.63, 3.8) is 0 Å². The van der Waals surface area contributed by atoms with Crippen molar-refractivity contribution in [1.29, 1.82) is 0 Å². The highest BCUT2D eigenvalue weighted by atomic mass is 32.2. The molecule has 0 fully saturated rings. The van der Waals surface area contributed by atoms with Crippen molar-refractivity contribution in [2.24, 2.45) is 0 Å². The Bertz CT molecular complexity index is 1220. The molecule has 0 radical (unpaired) electrons. The minimum Gasteiger partial charge on any atom is -0.321 e. The van der Waals surface area contributed by atoms with Gasteiger partial charge in [-0.2, -0.15) is 0 Å². The predicted octanol–water partition coefficient (Wildman–Crippen LogP) is 4.26. The van der Waals surface area contributed by atoms with Crippen molar-refractivity contribution < 1.29 is 18.1 Å². The van der Waals surface area contributed by atoms with Crippen LogP contribution in [0.2, 0.25) is 0 Å². The van der Waals surface area contributed by atoms with Gasteiger partial charge < -0.3 is 5.32 Å². The van der Waals surface area contributed by atoms with Crippen LogP contribution in [0.4, 0.5) is 17.1 Å². The number of nitrogens with one attached hydrogen (secondary N) is 2. The molecule has 3 rings (SSSR count). The Balaban J connectivity index is 1.81. The average Bonchev–Trinajstić information content (AvgIpc) is 2.71. The fourth-order valence-corrected chi connectivity index (χ4v) is 3.93. The zero-order valence-electron chi connectivity index (χ0n) is 16.2. The standard InChI is InChI=1S/C21H19N3O5S/c1-14-8-10-17(24(26)27)13-20(14)22-21(25)16-9-11-19(15(2)12-16)23-30(28,29)18-6-4-3-5-7-18/h3-13,23H,1-2H3,(H,22,25). The lowest BCUT2D eigenvalue weighted by molar-refractivity contribution is -0.384. The van der Waals surface area contributed by atoms with Gasteiger partial charge >= 0.3 is 0 Å². The average molecular weight is 425 g/mol. The Morgan fingerprint density at radius 2 is 1.60 bits per heavy atom. The first-order valence-corrected chi connectivity index (χ1v) is 10.4. The third-order valence-electron chi connectivity index (χ3n) is 4.47. The molecule has 8 nitrogen and oxygen atoms in total. The number of rotatable bonds is 6. The van der Waals surface area contributed by atoms with Gasteiger partial charge in [-0.15, -0.1) is 0 Å². The number of nitro groups is 1. The van der Waals surface area contributed by atoms with Gasteiger partial charge in [0.05, 0.1) is 21.2 Å². The van der Waals surface area contributed by atoms with E-state index in [1.54, 1.807) is 44.2 Å². The van der Waals surface area contributed by atoms with Crippen molar-refractivity contribution in [1.82, 2.24) is 0 Å². The second-order valence-corrected chi connectivity index (χ2v) is 8.34. The lowest BCUT2D eigenvalue weighted by atomic mass is 10.1. The minimum atomic E-state index is -3.75. The van der Waals surface area contributed by atoms with Gasteiger partial charge in [0.1, 0.15) is 0 Å². The fraction of sp³-hybridized carbons (Fsp3) is 0.0952. The summed E-state index contributed by atoms with van der Waals surface area (Å²) in [7, 11) is -3.75. The molecule has 0 bridgehead atoms. The van der Waals surface area contributed by atoms with Gasteiger partial charge in [0.2, 0.25) is 0 Å². The molecule has 0 unspecified atom stereocenters. The minimum absolute atomic E-state index is 0.127. The van der Waals surface area contributed by atoms with Gasteiger partial charge in [-0.05, 0) is 55.3 Å². The lowest BCUT2D eigenvalue weighted by Gasteiger charge is -2.13. The number of sulfonamides is 1. The smallest absolute Gasteiger partial charge is 0.271 e. The number of nitrogens with zero attached hydrogens (tertiary/aromatic N) is 1. The van der Waals surface area contributed by atoms with Gasteiger partial charge in [-0.1, -0.05) is 24.3 Å². The Morgan fingerprint density at radius 3 is 2.23 bits per heavy atom. The summed E-state index contributed by atoms with van der Waals surface area (Å²) in [5.41, 5.74) is 2.08. The largest absolute Gasteiger partial charge is 0.321 e. The third kappa shape index (κ3) is 4.64. The Morgan fingerprint density at radius 1 is 0.900 bits per heavy atom. The summed E-state index contributed by atoms with van der Waals surface area (Å²) < 4.78 is 27.5. The van der Waals surface area contributed by atoms with E-state index in [-0.39, 0.29) is 10.6 Å². The SMILES string of the molecule is Cc1ccc([N+](=O)[O-])cc1NC(=O)c1ccc(NS(=O)(=O)c2ccccc2)c(C)c1. The zero-order chi connectivity index (χ0) is 21.9. The molecule has 0 spiro atoms. The fourth-order valence-electron chi connectivity index (χ4n) is 2.78. The highest BCUT2D eigenvalue weighted by Gasteiger charge is 2.17. The number of nitro benzene ring substituents is 1. The number of amides is 1. The molecule has 154 valence electrons. The second kappa shape index (κ2) is 8.34. The molecule has 9 heteroatoms. The Hall–Kier alpha value is -3.72. The van der Waals surface area contributed by atoms with E-state index in [0.29, 0.717) is 28.1 Å². The lowest BCUT2D eigenvalue weighted by Crippen LogP contribution is -2.15. The van der Waals surface area contributed by atoms with Crippen LogP contribution in [0.15, 0.2) is 71.6 Å². The van der Waals surface area contributed by atoms with Crippen molar-refractivity contribution >= 4 is 33.0 Å². The van der Waals surface area contributed by atoms with Crippen LogP contribution in [0.25, 0.3) is 0 Å². The first-order valence-electron chi connectivity index (χ1n) is 8.92.